The third-order valence-corrected chi connectivity index (χ3v) is 6.29. The first-order valence-corrected chi connectivity index (χ1v) is 12.1. The fourth-order valence-electron chi connectivity index (χ4n) is 4.26. The van der Waals surface area contributed by atoms with Crippen molar-refractivity contribution in [3.63, 3.8) is 0 Å². The average Bonchev–Trinajstić information content (AvgIpc) is 3.38. The molecule has 1 aromatic carbocycles. The van der Waals surface area contributed by atoms with Crippen LogP contribution in [-0.4, -0.2) is 87.5 Å². The Balaban J connectivity index is 1.43. The molecule has 2 aliphatic heterocycles. The first kappa shape index (κ1) is 25.7. The summed E-state index contributed by atoms with van der Waals surface area (Å²) in [7, 11) is 0. The molecule has 0 unspecified atom stereocenters. The minimum atomic E-state index is -1.06. The molecule has 0 saturated carbocycles. The summed E-state index contributed by atoms with van der Waals surface area (Å²) in [6, 6.07) is 7.50. The van der Waals surface area contributed by atoms with Gasteiger partial charge in [0.2, 0.25) is 18.1 Å². The van der Waals surface area contributed by atoms with E-state index < -0.39 is 17.7 Å². The highest BCUT2D eigenvalue weighted by atomic mass is 19.1. The molecule has 3 aromatic rings. The number of carbonyl (C=O) groups excluding carboxylic acids is 1. The predicted molar refractivity (Wildman–Crippen MR) is 131 cm³/mol. The van der Waals surface area contributed by atoms with Crippen LogP contribution in [0.25, 0.3) is 17.1 Å². The number of carbonyl (C=O) groups is 2. The van der Waals surface area contributed by atoms with E-state index in [0.29, 0.717) is 49.2 Å². The van der Waals surface area contributed by atoms with Crippen LogP contribution in [0.1, 0.15) is 19.0 Å². The number of ether oxygens (including phenoxy) is 3. The number of aromatic nitrogens is 4. The molecule has 2 saturated heterocycles. The van der Waals surface area contributed by atoms with Crippen LogP contribution >= 0.6 is 0 Å². The molecule has 38 heavy (non-hydrogen) atoms. The van der Waals surface area contributed by atoms with Gasteiger partial charge in [0.25, 0.3) is 0 Å². The van der Waals surface area contributed by atoms with E-state index in [0.717, 1.165) is 0 Å². The van der Waals surface area contributed by atoms with Crippen LogP contribution in [0.2, 0.25) is 0 Å². The number of benzene rings is 1. The molecule has 2 aromatic heterocycles. The van der Waals surface area contributed by atoms with Crippen molar-refractivity contribution < 1.29 is 33.3 Å². The Morgan fingerprint density at radius 3 is 2.53 bits per heavy atom. The van der Waals surface area contributed by atoms with Crippen molar-refractivity contribution >= 4 is 17.8 Å². The molecule has 4 heterocycles. The normalized spacial score (nSPS) is 21.7. The lowest BCUT2D eigenvalue weighted by Crippen LogP contribution is -2.53. The maximum absolute atomic E-state index is 13.5. The van der Waals surface area contributed by atoms with Crippen LogP contribution in [0.5, 0.6) is 0 Å². The number of aliphatic carboxylic acids is 1. The van der Waals surface area contributed by atoms with Crippen molar-refractivity contribution in [3.05, 3.63) is 54.4 Å². The fraction of sp³-hybridized carbons (Fsp3) is 0.400. The number of halogens is 1. The van der Waals surface area contributed by atoms with E-state index in [1.165, 1.54) is 18.3 Å². The quantitative estimate of drug-likeness (QED) is 0.469. The first-order chi connectivity index (χ1) is 18.3. The molecule has 2 N–H and O–H groups in total. The highest BCUT2D eigenvalue weighted by molar-refractivity contribution is 5.83. The molecule has 200 valence electrons. The highest BCUT2D eigenvalue weighted by Gasteiger charge is 2.43. The van der Waals surface area contributed by atoms with Gasteiger partial charge in [-0.15, -0.1) is 0 Å². The number of imidazole rings is 1. The minimum Gasteiger partial charge on any atom is -0.480 e. The second-order valence-corrected chi connectivity index (χ2v) is 9.27. The van der Waals surface area contributed by atoms with Crippen molar-refractivity contribution in [2.45, 2.75) is 13.2 Å². The molecule has 13 heteroatoms. The fourth-order valence-corrected chi connectivity index (χ4v) is 4.26. The van der Waals surface area contributed by atoms with Gasteiger partial charge in [-0.25, -0.2) is 14.4 Å². The Hall–Kier alpha value is -3.94. The summed E-state index contributed by atoms with van der Waals surface area (Å²) in [4.78, 5) is 39.0. The molecule has 5 rings (SSSR count). The molecule has 0 bridgehead atoms. The van der Waals surface area contributed by atoms with Crippen molar-refractivity contribution in [3.8, 4) is 17.1 Å². The Kier molecular flexibility index (Phi) is 7.31. The zero-order valence-electron chi connectivity index (χ0n) is 20.7. The maximum atomic E-state index is 13.5. The topological polar surface area (TPSA) is 141 Å². The monoisotopic (exact) mass is 526 g/mol. The summed E-state index contributed by atoms with van der Waals surface area (Å²) in [5, 5.41) is 11.6. The molecule has 0 aliphatic carbocycles. The van der Waals surface area contributed by atoms with Crippen molar-refractivity contribution in [2.75, 3.05) is 51.4 Å². The molecule has 2 aliphatic rings. The van der Waals surface area contributed by atoms with Gasteiger partial charge in [-0.3, -0.25) is 14.2 Å². The van der Waals surface area contributed by atoms with Gasteiger partial charge < -0.3 is 29.5 Å². The summed E-state index contributed by atoms with van der Waals surface area (Å²) >= 11 is 0. The lowest BCUT2D eigenvalue weighted by molar-refractivity contribution is -0.235. The van der Waals surface area contributed by atoms with Gasteiger partial charge in [-0.1, -0.05) is 0 Å². The lowest BCUT2D eigenvalue weighted by atomic mass is 9.90. The molecular formula is C25H27FN6O6. The average molecular weight is 527 g/mol. The van der Waals surface area contributed by atoms with Crippen molar-refractivity contribution in [1.29, 1.82) is 0 Å². The number of nitrogens with zero attached hydrogens (tertiary/aromatic N) is 5. The van der Waals surface area contributed by atoms with E-state index in [1.807, 2.05) is 6.92 Å². The van der Waals surface area contributed by atoms with E-state index in [2.05, 4.69) is 15.3 Å². The number of hydrogen-bond donors (Lipinski definition) is 2. The second kappa shape index (κ2) is 10.8. The van der Waals surface area contributed by atoms with Crippen molar-refractivity contribution in [2.24, 2.45) is 5.41 Å². The Labute approximate surface area is 217 Å². The van der Waals surface area contributed by atoms with E-state index in [9.17, 15) is 14.0 Å². The van der Waals surface area contributed by atoms with Gasteiger partial charge in [0.05, 0.1) is 37.5 Å². The third kappa shape index (κ3) is 5.49. The lowest BCUT2D eigenvalue weighted by Gasteiger charge is -2.40. The van der Waals surface area contributed by atoms with Gasteiger partial charge in [-0.05, 0) is 37.3 Å². The van der Waals surface area contributed by atoms with Crippen LogP contribution in [0.4, 0.5) is 10.3 Å². The molecule has 0 radical (unpaired) electrons. The first-order valence-electron chi connectivity index (χ1n) is 12.1. The smallest absolute Gasteiger partial charge is 0.322 e. The Bertz CT molecular complexity index is 1300. The number of amides is 1. The number of rotatable bonds is 7. The van der Waals surface area contributed by atoms with Crippen LogP contribution in [0.15, 0.2) is 42.7 Å². The number of carboxylic acids is 1. The van der Waals surface area contributed by atoms with Gasteiger partial charge >= 0.3 is 5.97 Å². The SMILES string of the molecule is CC1(C(=O)N2CCOCC2)COC(c2nc(-c3ccc(F)cc3)cn2-c2ccnc(NCC(=O)O)n2)OC1. The van der Waals surface area contributed by atoms with Gasteiger partial charge in [0.15, 0.2) is 5.82 Å². The van der Waals surface area contributed by atoms with Crippen LogP contribution in [0, 0.1) is 11.2 Å². The molecule has 12 nitrogen and oxygen atoms in total. The number of anilines is 1. The Morgan fingerprint density at radius 1 is 1.13 bits per heavy atom. The summed E-state index contributed by atoms with van der Waals surface area (Å²) < 4.78 is 32.6. The zero-order valence-corrected chi connectivity index (χ0v) is 20.7. The van der Waals surface area contributed by atoms with Crippen LogP contribution in [0.3, 0.4) is 0 Å². The molecule has 1 amide bonds. The number of morpholine rings is 1. The number of nitrogens with one attached hydrogen (secondary N) is 1. The summed E-state index contributed by atoms with van der Waals surface area (Å²) in [5.41, 5.74) is 0.310. The van der Waals surface area contributed by atoms with E-state index in [1.54, 1.807) is 33.9 Å². The summed E-state index contributed by atoms with van der Waals surface area (Å²) in [6.07, 6.45) is 2.26. The second-order valence-electron chi connectivity index (χ2n) is 9.27. The van der Waals surface area contributed by atoms with Gasteiger partial charge in [0, 0.05) is 31.0 Å². The predicted octanol–water partition coefficient (Wildman–Crippen LogP) is 1.88. The third-order valence-electron chi connectivity index (χ3n) is 6.29. The zero-order chi connectivity index (χ0) is 26.7. The minimum absolute atomic E-state index is 0.0560. The number of carboxylic acid groups (broad SMARTS) is 1. The van der Waals surface area contributed by atoms with Crippen LogP contribution < -0.4 is 5.32 Å². The Morgan fingerprint density at radius 2 is 1.84 bits per heavy atom. The van der Waals surface area contributed by atoms with E-state index in [-0.39, 0.29) is 37.4 Å². The largest absolute Gasteiger partial charge is 0.480 e. The van der Waals surface area contributed by atoms with E-state index >= 15 is 0 Å². The highest BCUT2D eigenvalue weighted by Crippen LogP contribution is 2.35. The van der Waals surface area contributed by atoms with E-state index in [4.69, 9.17) is 24.3 Å². The van der Waals surface area contributed by atoms with Crippen LogP contribution in [-0.2, 0) is 23.8 Å². The maximum Gasteiger partial charge on any atom is 0.322 e. The van der Waals surface area contributed by atoms with Gasteiger partial charge in [-0.2, -0.15) is 4.98 Å². The molecule has 2 fully saturated rings. The standard InChI is InChI=1S/C25H27FN6O6/c1-25(23(35)31-8-10-36-11-9-31)14-37-22(38-15-25)21-29-18(16-2-4-17(26)5-3-16)13-32(21)19-6-7-27-24(30-19)28-12-20(33)34/h2-7,13,22H,8-12,14-15H2,1H3,(H,33,34)(H,27,28,30). The summed E-state index contributed by atoms with van der Waals surface area (Å²) in [6.45, 7) is 3.72. The summed E-state index contributed by atoms with van der Waals surface area (Å²) in [5.74, 6) is -0.635. The van der Waals surface area contributed by atoms with Gasteiger partial charge in [0.1, 0.15) is 18.2 Å². The molecule has 0 spiro atoms. The molecular weight excluding hydrogens is 499 g/mol. The molecule has 0 atom stereocenters. The number of hydrogen-bond acceptors (Lipinski definition) is 9. The van der Waals surface area contributed by atoms with Crippen molar-refractivity contribution in [1.82, 2.24) is 24.4 Å².